The maximum Gasteiger partial charge on any atom is 0.229 e. The highest BCUT2D eigenvalue weighted by Gasteiger charge is 2.35. The van der Waals surface area contributed by atoms with E-state index in [2.05, 4.69) is 61.6 Å². The smallest absolute Gasteiger partial charge is 0.229 e. The molecular formula is C21H30N4O. The molecule has 0 unspecified atom stereocenters. The Hall–Kier alpha value is -2.14. The number of hydrogen-bond donors (Lipinski definition) is 2. The molecule has 5 heteroatoms. The molecule has 140 valence electrons. The number of nitrogens with one attached hydrogen (secondary N) is 2. The number of amides is 1. The summed E-state index contributed by atoms with van der Waals surface area (Å²) in [6.45, 7) is 10.2. The molecule has 5 nitrogen and oxygen atoms in total. The van der Waals surface area contributed by atoms with E-state index in [0.29, 0.717) is 18.4 Å². The molecule has 0 spiro atoms. The molecule has 26 heavy (non-hydrogen) atoms. The van der Waals surface area contributed by atoms with Crippen LogP contribution in [0.1, 0.15) is 62.1 Å². The SMILES string of the molecule is CC(C)c1ccc(NC(=O)[C@H]2CNC[C@@H]2c2cnn(C)c2)c(C(C)C)c1. The highest BCUT2D eigenvalue weighted by molar-refractivity contribution is 5.94. The molecule has 2 heterocycles. The van der Waals surface area contributed by atoms with Gasteiger partial charge < -0.3 is 10.6 Å². The zero-order valence-electron chi connectivity index (χ0n) is 16.4. The van der Waals surface area contributed by atoms with Gasteiger partial charge in [0.05, 0.1) is 12.1 Å². The Morgan fingerprint density at radius 3 is 2.62 bits per heavy atom. The van der Waals surface area contributed by atoms with Gasteiger partial charge in [0.25, 0.3) is 0 Å². The maximum atomic E-state index is 13.0. The minimum absolute atomic E-state index is 0.0796. The first-order valence-corrected chi connectivity index (χ1v) is 9.50. The minimum atomic E-state index is -0.0796. The van der Waals surface area contributed by atoms with Crippen LogP contribution < -0.4 is 10.6 Å². The lowest BCUT2D eigenvalue weighted by molar-refractivity contribution is -0.119. The van der Waals surface area contributed by atoms with Crippen LogP contribution in [0, 0.1) is 5.92 Å². The third-order valence-corrected chi connectivity index (χ3v) is 5.33. The molecule has 0 bridgehead atoms. The van der Waals surface area contributed by atoms with E-state index in [1.807, 2.05) is 19.4 Å². The molecule has 1 aliphatic rings. The van der Waals surface area contributed by atoms with E-state index < -0.39 is 0 Å². The Balaban J connectivity index is 1.81. The fraction of sp³-hybridized carbons (Fsp3) is 0.524. The van der Waals surface area contributed by atoms with Crippen LogP contribution in [0.15, 0.2) is 30.6 Å². The van der Waals surface area contributed by atoms with Gasteiger partial charge in [-0.3, -0.25) is 9.48 Å². The summed E-state index contributed by atoms with van der Waals surface area (Å²) >= 11 is 0. The number of aryl methyl sites for hydroxylation is 1. The summed E-state index contributed by atoms with van der Waals surface area (Å²) < 4.78 is 1.80. The van der Waals surface area contributed by atoms with Gasteiger partial charge in [-0.05, 0) is 34.6 Å². The number of carbonyl (C=O) groups excluding carboxylic acids is 1. The Morgan fingerprint density at radius 2 is 2.00 bits per heavy atom. The molecule has 1 amide bonds. The molecule has 1 aliphatic heterocycles. The monoisotopic (exact) mass is 354 g/mol. The predicted molar refractivity (Wildman–Crippen MR) is 106 cm³/mol. The number of carbonyl (C=O) groups is 1. The van der Waals surface area contributed by atoms with Crippen molar-refractivity contribution >= 4 is 11.6 Å². The van der Waals surface area contributed by atoms with Gasteiger partial charge >= 0.3 is 0 Å². The first-order valence-electron chi connectivity index (χ1n) is 9.50. The van der Waals surface area contributed by atoms with Crippen molar-refractivity contribution < 1.29 is 4.79 Å². The average Bonchev–Trinajstić information content (AvgIpc) is 3.23. The number of rotatable bonds is 5. The molecule has 2 N–H and O–H groups in total. The quantitative estimate of drug-likeness (QED) is 0.862. The number of benzene rings is 1. The molecule has 1 aromatic carbocycles. The molecule has 0 aliphatic carbocycles. The predicted octanol–water partition coefficient (Wildman–Crippen LogP) is 3.61. The van der Waals surface area contributed by atoms with Gasteiger partial charge in [-0.15, -0.1) is 0 Å². The summed E-state index contributed by atoms with van der Waals surface area (Å²) in [5.41, 5.74) is 4.57. The molecular weight excluding hydrogens is 324 g/mol. The van der Waals surface area contributed by atoms with E-state index in [1.54, 1.807) is 4.68 Å². The van der Waals surface area contributed by atoms with Crippen LogP contribution in [0.3, 0.4) is 0 Å². The zero-order chi connectivity index (χ0) is 18.8. The normalized spacial score (nSPS) is 20.1. The molecule has 0 saturated carbocycles. The van der Waals surface area contributed by atoms with Crippen molar-refractivity contribution in [1.82, 2.24) is 15.1 Å². The van der Waals surface area contributed by atoms with Crippen molar-refractivity contribution in [3.63, 3.8) is 0 Å². The number of anilines is 1. The molecule has 1 saturated heterocycles. The summed E-state index contributed by atoms with van der Waals surface area (Å²) in [5.74, 6) is 1.01. The van der Waals surface area contributed by atoms with Gasteiger partial charge in [-0.25, -0.2) is 0 Å². The number of hydrogen-bond acceptors (Lipinski definition) is 3. The van der Waals surface area contributed by atoms with Crippen LogP contribution in [-0.2, 0) is 11.8 Å². The minimum Gasteiger partial charge on any atom is -0.326 e. The van der Waals surface area contributed by atoms with E-state index in [0.717, 1.165) is 17.8 Å². The van der Waals surface area contributed by atoms with E-state index in [-0.39, 0.29) is 17.7 Å². The molecule has 2 atom stereocenters. The van der Waals surface area contributed by atoms with Crippen LogP contribution in [0.2, 0.25) is 0 Å². The second kappa shape index (κ2) is 7.62. The van der Waals surface area contributed by atoms with E-state index >= 15 is 0 Å². The second-order valence-electron chi connectivity index (χ2n) is 7.96. The van der Waals surface area contributed by atoms with Crippen LogP contribution in [0.5, 0.6) is 0 Å². The van der Waals surface area contributed by atoms with Crippen molar-refractivity contribution in [2.45, 2.75) is 45.4 Å². The third-order valence-electron chi connectivity index (χ3n) is 5.33. The van der Waals surface area contributed by atoms with Crippen molar-refractivity contribution in [3.8, 4) is 0 Å². The standard InChI is InChI=1S/C21H30N4O/c1-13(2)15-6-7-20(17(8-15)14(3)4)24-21(26)19-11-22-10-18(19)16-9-23-25(5)12-16/h6-9,12-14,18-19,22H,10-11H2,1-5H3,(H,24,26)/t18-,19+/m1/s1. The number of nitrogens with zero attached hydrogens (tertiary/aromatic N) is 2. The van der Waals surface area contributed by atoms with Gasteiger partial charge in [-0.1, -0.05) is 39.8 Å². The summed E-state index contributed by atoms with van der Waals surface area (Å²) in [4.78, 5) is 13.0. The van der Waals surface area contributed by atoms with Gasteiger partial charge in [0.1, 0.15) is 0 Å². The van der Waals surface area contributed by atoms with Crippen LogP contribution >= 0.6 is 0 Å². The summed E-state index contributed by atoms with van der Waals surface area (Å²) in [6.07, 6.45) is 3.88. The summed E-state index contributed by atoms with van der Waals surface area (Å²) in [5, 5.41) is 10.8. The third kappa shape index (κ3) is 3.83. The van der Waals surface area contributed by atoms with Gasteiger partial charge in [0.2, 0.25) is 5.91 Å². The van der Waals surface area contributed by atoms with Crippen LogP contribution in [-0.4, -0.2) is 28.8 Å². The first-order chi connectivity index (χ1) is 12.4. The zero-order valence-corrected chi connectivity index (χ0v) is 16.4. The Labute approximate surface area is 156 Å². The van der Waals surface area contributed by atoms with Crippen molar-refractivity contribution in [1.29, 1.82) is 0 Å². The lowest BCUT2D eigenvalue weighted by atomic mass is 9.89. The Bertz CT molecular complexity index is 778. The molecule has 1 fully saturated rings. The molecule has 3 rings (SSSR count). The highest BCUT2D eigenvalue weighted by atomic mass is 16.2. The van der Waals surface area contributed by atoms with E-state index in [9.17, 15) is 4.79 Å². The highest BCUT2D eigenvalue weighted by Crippen LogP contribution is 2.32. The molecule has 2 aromatic rings. The topological polar surface area (TPSA) is 59.0 Å². The van der Waals surface area contributed by atoms with E-state index in [1.165, 1.54) is 11.1 Å². The Kier molecular flexibility index (Phi) is 5.47. The first kappa shape index (κ1) is 18.6. The Morgan fingerprint density at radius 1 is 1.23 bits per heavy atom. The van der Waals surface area contributed by atoms with Crippen molar-refractivity contribution in [2.75, 3.05) is 18.4 Å². The van der Waals surface area contributed by atoms with Crippen LogP contribution in [0.4, 0.5) is 5.69 Å². The second-order valence-corrected chi connectivity index (χ2v) is 7.96. The molecule has 1 aromatic heterocycles. The van der Waals surface area contributed by atoms with Crippen LogP contribution in [0.25, 0.3) is 0 Å². The molecule has 0 radical (unpaired) electrons. The van der Waals surface area contributed by atoms with Gasteiger partial charge in [-0.2, -0.15) is 5.10 Å². The largest absolute Gasteiger partial charge is 0.326 e. The maximum absolute atomic E-state index is 13.0. The van der Waals surface area contributed by atoms with Gasteiger partial charge in [0.15, 0.2) is 0 Å². The summed E-state index contributed by atoms with van der Waals surface area (Å²) in [7, 11) is 1.91. The van der Waals surface area contributed by atoms with Crippen molar-refractivity contribution in [2.24, 2.45) is 13.0 Å². The van der Waals surface area contributed by atoms with E-state index in [4.69, 9.17) is 0 Å². The summed E-state index contributed by atoms with van der Waals surface area (Å²) in [6, 6.07) is 6.41. The van der Waals surface area contributed by atoms with Gasteiger partial charge in [0, 0.05) is 37.9 Å². The fourth-order valence-corrected chi connectivity index (χ4v) is 3.69. The average molecular weight is 354 g/mol. The lowest BCUT2D eigenvalue weighted by Gasteiger charge is -2.21. The van der Waals surface area contributed by atoms with Crippen molar-refractivity contribution in [3.05, 3.63) is 47.3 Å². The fourth-order valence-electron chi connectivity index (χ4n) is 3.69. The number of aromatic nitrogens is 2. The lowest BCUT2D eigenvalue weighted by Crippen LogP contribution is -2.28.